The molecule has 0 aliphatic carbocycles. The number of H-pyrrole nitrogens is 1. The van der Waals surface area contributed by atoms with Crippen molar-refractivity contribution in [2.24, 2.45) is 5.92 Å². The molecule has 0 amide bonds. The normalized spacial score (nSPS) is 17.4. The van der Waals surface area contributed by atoms with E-state index in [1.54, 1.807) is 6.07 Å². The molecule has 1 fully saturated rings. The van der Waals surface area contributed by atoms with E-state index < -0.39 is 5.76 Å². The number of anilines is 1. The van der Waals surface area contributed by atoms with Crippen LogP contribution in [0.5, 0.6) is 0 Å². The van der Waals surface area contributed by atoms with Crippen molar-refractivity contribution in [2.75, 3.05) is 18.4 Å². The summed E-state index contributed by atoms with van der Waals surface area (Å²) < 4.78 is 4.98. The van der Waals surface area contributed by atoms with Gasteiger partial charge in [-0.05, 0) is 57.0 Å². The zero-order chi connectivity index (χ0) is 15.5. The third kappa shape index (κ3) is 3.51. The van der Waals surface area contributed by atoms with Crippen molar-refractivity contribution < 1.29 is 4.42 Å². The van der Waals surface area contributed by atoms with Gasteiger partial charge in [0, 0.05) is 22.3 Å². The molecule has 1 aromatic carbocycles. The Morgan fingerprint density at radius 3 is 2.82 bits per heavy atom. The van der Waals surface area contributed by atoms with Crippen molar-refractivity contribution in [3.8, 4) is 11.5 Å². The van der Waals surface area contributed by atoms with Crippen LogP contribution in [0.25, 0.3) is 11.5 Å². The molecule has 0 radical (unpaired) electrons. The summed E-state index contributed by atoms with van der Waals surface area (Å²) >= 11 is 6.17. The molecule has 0 bridgehead atoms. The Morgan fingerprint density at radius 1 is 1.36 bits per heavy atom. The van der Waals surface area contributed by atoms with Gasteiger partial charge in [-0.3, -0.25) is 0 Å². The van der Waals surface area contributed by atoms with Crippen LogP contribution >= 0.6 is 11.6 Å². The van der Waals surface area contributed by atoms with Gasteiger partial charge in [0.15, 0.2) is 0 Å². The number of benzene rings is 1. The largest absolute Gasteiger partial charge is 0.434 e. The standard InChI is InChI=1S/C15H19ClN4O2/c1-9(10-2-4-17-5-3-10)18-13-7-11(6-12(16)8-13)14-19-20-15(21)22-14/h6-10,17-18H,2-5H2,1H3,(H,20,21). The van der Waals surface area contributed by atoms with Gasteiger partial charge >= 0.3 is 5.76 Å². The van der Waals surface area contributed by atoms with Crippen molar-refractivity contribution in [3.05, 3.63) is 33.8 Å². The van der Waals surface area contributed by atoms with Crippen molar-refractivity contribution in [1.29, 1.82) is 0 Å². The highest BCUT2D eigenvalue weighted by molar-refractivity contribution is 6.31. The van der Waals surface area contributed by atoms with E-state index in [9.17, 15) is 4.79 Å². The van der Waals surface area contributed by atoms with Gasteiger partial charge in [0.05, 0.1) is 0 Å². The lowest BCUT2D eigenvalue weighted by Crippen LogP contribution is -2.36. The van der Waals surface area contributed by atoms with E-state index in [1.807, 2.05) is 12.1 Å². The van der Waals surface area contributed by atoms with Crippen molar-refractivity contribution >= 4 is 17.3 Å². The van der Waals surface area contributed by atoms with Gasteiger partial charge in [-0.25, -0.2) is 9.89 Å². The van der Waals surface area contributed by atoms with Gasteiger partial charge in [0.25, 0.3) is 0 Å². The summed E-state index contributed by atoms with van der Waals surface area (Å²) in [4.78, 5) is 11.1. The molecule has 118 valence electrons. The van der Waals surface area contributed by atoms with Crippen molar-refractivity contribution in [1.82, 2.24) is 15.5 Å². The van der Waals surface area contributed by atoms with Crippen LogP contribution in [0.4, 0.5) is 5.69 Å². The zero-order valence-corrected chi connectivity index (χ0v) is 13.1. The summed E-state index contributed by atoms with van der Waals surface area (Å²) in [7, 11) is 0. The average molecular weight is 323 g/mol. The molecule has 7 heteroatoms. The topological polar surface area (TPSA) is 83.0 Å². The second kappa shape index (κ2) is 6.54. The van der Waals surface area contributed by atoms with Crippen LogP contribution in [-0.2, 0) is 0 Å². The first kappa shape index (κ1) is 15.1. The number of piperidine rings is 1. The summed E-state index contributed by atoms with van der Waals surface area (Å²) in [6.07, 6.45) is 2.33. The van der Waals surface area contributed by atoms with Crippen LogP contribution < -0.4 is 16.4 Å². The molecular formula is C15H19ClN4O2. The molecular weight excluding hydrogens is 304 g/mol. The minimum atomic E-state index is -0.576. The molecule has 22 heavy (non-hydrogen) atoms. The molecule has 1 saturated heterocycles. The Bertz CT molecular complexity index is 691. The highest BCUT2D eigenvalue weighted by Crippen LogP contribution is 2.27. The number of hydrogen-bond donors (Lipinski definition) is 3. The van der Waals surface area contributed by atoms with Crippen molar-refractivity contribution in [3.63, 3.8) is 0 Å². The number of nitrogens with one attached hydrogen (secondary N) is 3. The van der Waals surface area contributed by atoms with Crippen LogP contribution in [0, 0.1) is 5.92 Å². The van der Waals surface area contributed by atoms with Gasteiger partial charge < -0.3 is 15.1 Å². The van der Waals surface area contributed by atoms with Gasteiger partial charge in [-0.1, -0.05) is 11.6 Å². The molecule has 1 aliphatic heterocycles. The molecule has 1 aliphatic rings. The molecule has 1 aromatic heterocycles. The van der Waals surface area contributed by atoms with Gasteiger partial charge in [0.2, 0.25) is 5.89 Å². The van der Waals surface area contributed by atoms with E-state index in [0.717, 1.165) is 31.6 Å². The third-order valence-corrected chi connectivity index (χ3v) is 4.29. The average Bonchev–Trinajstić information content (AvgIpc) is 2.94. The highest BCUT2D eigenvalue weighted by Gasteiger charge is 2.20. The highest BCUT2D eigenvalue weighted by atomic mass is 35.5. The first-order chi connectivity index (χ1) is 10.6. The summed E-state index contributed by atoms with van der Waals surface area (Å²) in [6, 6.07) is 5.83. The van der Waals surface area contributed by atoms with Crippen LogP contribution in [0.15, 0.2) is 27.4 Å². The maximum absolute atomic E-state index is 11.1. The predicted molar refractivity (Wildman–Crippen MR) is 86.2 cm³/mol. The third-order valence-electron chi connectivity index (χ3n) is 4.07. The van der Waals surface area contributed by atoms with E-state index in [-0.39, 0.29) is 5.89 Å². The minimum absolute atomic E-state index is 0.241. The lowest BCUT2D eigenvalue weighted by Gasteiger charge is -2.29. The van der Waals surface area contributed by atoms with E-state index in [0.29, 0.717) is 22.5 Å². The van der Waals surface area contributed by atoms with E-state index in [2.05, 4.69) is 27.8 Å². The first-order valence-electron chi connectivity index (χ1n) is 7.45. The fourth-order valence-electron chi connectivity index (χ4n) is 2.87. The van der Waals surface area contributed by atoms with Gasteiger partial charge in [-0.15, -0.1) is 5.10 Å². The minimum Gasteiger partial charge on any atom is -0.388 e. The Morgan fingerprint density at radius 2 is 2.14 bits per heavy atom. The second-order valence-electron chi connectivity index (χ2n) is 5.67. The monoisotopic (exact) mass is 322 g/mol. The second-order valence-corrected chi connectivity index (χ2v) is 6.10. The summed E-state index contributed by atoms with van der Waals surface area (Å²) in [6.45, 7) is 4.32. The molecule has 6 nitrogen and oxygen atoms in total. The van der Waals surface area contributed by atoms with E-state index in [1.165, 1.54) is 0 Å². The number of rotatable bonds is 4. The molecule has 0 saturated carbocycles. The number of aromatic amines is 1. The van der Waals surface area contributed by atoms with Crippen LogP contribution in [0.1, 0.15) is 19.8 Å². The van der Waals surface area contributed by atoms with Crippen LogP contribution in [0.3, 0.4) is 0 Å². The fraction of sp³-hybridized carbons (Fsp3) is 0.467. The molecule has 1 unspecified atom stereocenters. The number of halogens is 1. The Kier molecular flexibility index (Phi) is 4.49. The molecule has 3 rings (SSSR count). The SMILES string of the molecule is CC(Nc1cc(Cl)cc(-c2n[nH]c(=O)o2)c1)C1CCNCC1. The molecule has 0 spiro atoms. The van der Waals surface area contributed by atoms with E-state index >= 15 is 0 Å². The summed E-state index contributed by atoms with van der Waals surface area (Å²) in [5, 5.41) is 13.5. The maximum Gasteiger partial charge on any atom is 0.434 e. The van der Waals surface area contributed by atoms with Gasteiger partial charge in [-0.2, -0.15) is 0 Å². The number of aromatic nitrogens is 2. The lowest BCUT2D eigenvalue weighted by atomic mass is 9.91. The fourth-order valence-corrected chi connectivity index (χ4v) is 3.11. The number of nitrogens with zero attached hydrogens (tertiary/aromatic N) is 1. The Hall–Kier alpha value is -1.79. The summed E-state index contributed by atoms with van der Waals surface area (Å²) in [5.74, 6) is 0.296. The predicted octanol–water partition coefficient (Wildman–Crippen LogP) is 2.48. The first-order valence-corrected chi connectivity index (χ1v) is 7.83. The zero-order valence-electron chi connectivity index (χ0n) is 12.4. The summed E-state index contributed by atoms with van der Waals surface area (Å²) in [5.41, 5.74) is 1.57. The number of hydrogen-bond acceptors (Lipinski definition) is 5. The smallest absolute Gasteiger partial charge is 0.388 e. The quantitative estimate of drug-likeness (QED) is 0.805. The van der Waals surface area contributed by atoms with Crippen LogP contribution in [-0.4, -0.2) is 29.3 Å². The molecule has 2 aromatic rings. The lowest BCUT2D eigenvalue weighted by molar-refractivity contribution is 0.343. The van der Waals surface area contributed by atoms with Crippen molar-refractivity contribution in [2.45, 2.75) is 25.8 Å². The molecule has 2 heterocycles. The Labute approximate surface area is 133 Å². The molecule has 1 atom stereocenters. The van der Waals surface area contributed by atoms with E-state index in [4.69, 9.17) is 16.0 Å². The Balaban J connectivity index is 1.78. The van der Waals surface area contributed by atoms with Gasteiger partial charge in [0.1, 0.15) is 0 Å². The molecule has 3 N–H and O–H groups in total. The van der Waals surface area contributed by atoms with Crippen LogP contribution in [0.2, 0.25) is 5.02 Å². The maximum atomic E-state index is 11.1.